The Labute approximate surface area is 173 Å². The van der Waals surface area contributed by atoms with E-state index in [0.29, 0.717) is 29.2 Å². The van der Waals surface area contributed by atoms with E-state index in [0.717, 1.165) is 18.0 Å². The average molecular weight is 406 g/mol. The van der Waals surface area contributed by atoms with Crippen LogP contribution in [0.15, 0.2) is 48.3 Å². The van der Waals surface area contributed by atoms with Crippen molar-refractivity contribution in [3.63, 3.8) is 0 Å². The van der Waals surface area contributed by atoms with Crippen LogP contribution in [0.25, 0.3) is 11.7 Å². The fourth-order valence-corrected chi connectivity index (χ4v) is 3.00. The first kappa shape index (κ1) is 19.6. The number of rotatable bonds is 7. The third-order valence-electron chi connectivity index (χ3n) is 4.56. The van der Waals surface area contributed by atoms with Gasteiger partial charge in [0.1, 0.15) is 18.2 Å². The number of hydrogen-bond donors (Lipinski definition) is 2. The number of nitrogens with one attached hydrogen (secondary N) is 2. The Morgan fingerprint density at radius 2 is 2.03 bits per heavy atom. The van der Waals surface area contributed by atoms with Crippen LogP contribution in [0, 0.1) is 0 Å². The lowest BCUT2D eigenvalue weighted by molar-refractivity contribution is -0.124. The molecule has 1 aromatic carbocycles. The molecule has 1 aliphatic rings. The van der Waals surface area contributed by atoms with E-state index in [1.807, 2.05) is 44.4 Å². The zero-order chi connectivity index (χ0) is 21.1. The van der Waals surface area contributed by atoms with Gasteiger partial charge in [0.25, 0.3) is 5.91 Å². The predicted molar refractivity (Wildman–Crippen MR) is 113 cm³/mol. The lowest BCUT2D eigenvalue weighted by Gasteiger charge is -2.11. The van der Waals surface area contributed by atoms with E-state index >= 15 is 0 Å². The molecule has 3 heterocycles. The van der Waals surface area contributed by atoms with E-state index in [4.69, 9.17) is 4.74 Å². The maximum Gasteiger partial charge on any atom is 0.254 e. The molecule has 1 aliphatic heterocycles. The van der Waals surface area contributed by atoms with Crippen LogP contribution in [-0.2, 0) is 9.59 Å². The molecule has 0 atom stereocenters. The minimum absolute atomic E-state index is 0.0665. The molecule has 1 fully saturated rings. The van der Waals surface area contributed by atoms with Gasteiger partial charge in [-0.15, -0.1) is 0 Å². The first-order valence-corrected chi connectivity index (χ1v) is 9.52. The van der Waals surface area contributed by atoms with Crippen LogP contribution in [0.3, 0.4) is 0 Å². The van der Waals surface area contributed by atoms with Crippen molar-refractivity contribution >= 4 is 35.0 Å². The third kappa shape index (κ3) is 4.47. The molecule has 154 valence electrons. The summed E-state index contributed by atoms with van der Waals surface area (Å²) in [5.74, 6) is 0.768. The normalized spacial score (nSPS) is 15.2. The number of aromatic nitrogens is 3. The van der Waals surface area contributed by atoms with Crippen LogP contribution in [0.2, 0.25) is 0 Å². The molecule has 0 radical (unpaired) electrons. The van der Waals surface area contributed by atoms with Gasteiger partial charge >= 0.3 is 0 Å². The third-order valence-corrected chi connectivity index (χ3v) is 4.56. The molecule has 9 heteroatoms. The highest BCUT2D eigenvalue weighted by molar-refractivity contribution is 6.15. The fraction of sp³-hybridized carbons (Fsp3) is 0.238. The molecule has 4 rings (SSSR count). The second kappa shape index (κ2) is 8.34. The molecule has 0 bridgehead atoms. The smallest absolute Gasteiger partial charge is 0.254 e. The van der Waals surface area contributed by atoms with E-state index in [1.54, 1.807) is 23.0 Å². The van der Waals surface area contributed by atoms with E-state index in [1.165, 1.54) is 0 Å². The van der Waals surface area contributed by atoms with Crippen molar-refractivity contribution in [3.8, 4) is 5.75 Å². The van der Waals surface area contributed by atoms with Crippen LogP contribution >= 0.6 is 0 Å². The highest BCUT2D eigenvalue weighted by Gasteiger charge is 2.24. The SMILES string of the molecule is CN(C)CCOc1ccc(Nc2ccn3ncc(/C=C4\CC(=O)NC4=O)c3n2)cc1. The van der Waals surface area contributed by atoms with Crippen LogP contribution in [0.1, 0.15) is 12.0 Å². The predicted octanol–water partition coefficient (Wildman–Crippen LogP) is 1.84. The summed E-state index contributed by atoms with van der Waals surface area (Å²) in [6.07, 6.45) is 5.12. The van der Waals surface area contributed by atoms with E-state index in [9.17, 15) is 9.59 Å². The maximum atomic E-state index is 11.8. The Morgan fingerprint density at radius 3 is 2.73 bits per heavy atom. The Hall–Kier alpha value is -3.72. The number of amides is 2. The number of hydrogen-bond acceptors (Lipinski definition) is 7. The Bertz CT molecular complexity index is 1120. The minimum atomic E-state index is -0.374. The number of ether oxygens (including phenoxy) is 1. The molecule has 1 saturated heterocycles. The number of imide groups is 1. The summed E-state index contributed by atoms with van der Waals surface area (Å²) in [4.78, 5) is 29.9. The van der Waals surface area contributed by atoms with Crippen molar-refractivity contribution in [2.75, 3.05) is 32.6 Å². The molecule has 30 heavy (non-hydrogen) atoms. The second-order valence-electron chi connectivity index (χ2n) is 7.21. The summed E-state index contributed by atoms with van der Waals surface area (Å²) in [5, 5.41) is 9.78. The van der Waals surface area contributed by atoms with Crippen molar-refractivity contribution in [1.29, 1.82) is 0 Å². The molecule has 2 amide bonds. The average Bonchev–Trinajstić information content (AvgIpc) is 3.25. The minimum Gasteiger partial charge on any atom is -0.492 e. The molecule has 2 N–H and O–H groups in total. The monoisotopic (exact) mass is 406 g/mol. The lowest BCUT2D eigenvalue weighted by Crippen LogP contribution is -2.19. The summed E-state index contributed by atoms with van der Waals surface area (Å²) >= 11 is 0. The van der Waals surface area contributed by atoms with Crippen LogP contribution in [0.5, 0.6) is 5.75 Å². The number of benzene rings is 1. The van der Waals surface area contributed by atoms with Crippen LogP contribution in [0.4, 0.5) is 11.5 Å². The van der Waals surface area contributed by atoms with Gasteiger partial charge in [0.15, 0.2) is 5.65 Å². The van der Waals surface area contributed by atoms with Crippen molar-refractivity contribution in [3.05, 3.63) is 53.9 Å². The highest BCUT2D eigenvalue weighted by atomic mass is 16.5. The van der Waals surface area contributed by atoms with Crippen LogP contribution < -0.4 is 15.4 Å². The molecule has 3 aromatic rings. The van der Waals surface area contributed by atoms with Gasteiger partial charge in [0, 0.05) is 29.6 Å². The lowest BCUT2D eigenvalue weighted by atomic mass is 10.1. The topological polar surface area (TPSA) is 101 Å². The van der Waals surface area contributed by atoms with Crippen molar-refractivity contribution in [2.24, 2.45) is 0 Å². The summed E-state index contributed by atoms with van der Waals surface area (Å²) in [5.41, 5.74) is 2.53. The Balaban J connectivity index is 1.49. The maximum absolute atomic E-state index is 11.8. The molecular formula is C21H22N6O3. The molecule has 9 nitrogen and oxygen atoms in total. The number of nitrogens with zero attached hydrogens (tertiary/aromatic N) is 4. The van der Waals surface area contributed by atoms with Gasteiger partial charge in [-0.3, -0.25) is 14.9 Å². The molecule has 0 unspecified atom stereocenters. The van der Waals surface area contributed by atoms with Gasteiger partial charge in [-0.1, -0.05) is 0 Å². The van der Waals surface area contributed by atoms with Gasteiger partial charge in [-0.2, -0.15) is 5.10 Å². The highest BCUT2D eigenvalue weighted by Crippen LogP contribution is 2.22. The van der Waals surface area contributed by atoms with Gasteiger partial charge in [-0.25, -0.2) is 9.50 Å². The molecular weight excluding hydrogens is 384 g/mol. The first-order valence-electron chi connectivity index (χ1n) is 9.52. The van der Waals surface area contributed by atoms with Gasteiger partial charge < -0.3 is 15.0 Å². The number of fused-ring (bicyclic) bond motifs is 1. The Morgan fingerprint density at radius 1 is 1.23 bits per heavy atom. The zero-order valence-corrected chi connectivity index (χ0v) is 16.8. The molecule has 0 saturated carbocycles. The number of likely N-dealkylation sites (N-methyl/N-ethyl adjacent to an activating group) is 1. The number of carbonyl (C=O) groups excluding carboxylic acids is 2. The number of carbonyl (C=O) groups is 2. The van der Waals surface area contributed by atoms with Crippen LogP contribution in [-0.4, -0.2) is 58.6 Å². The van der Waals surface area contributed by atoms with Crippen molar-refractivity contribution in [2.45, 2.75) is 6.42 Å². The fourth-order valence-electron chi connectivity index (χ4n) is 3.00. The van der Waals surface area contributed by atoms with E-state index in [2.05, 4.69) is 25.6 Å². The first-order chi connectivity index (χ1) is 14.5. The Kier molecular flexibility index (Phi) is 5.44. The van der Waals surface area contributed by atoms with Gasteiger partial charge in [0.05, 0.1) is 12.6 Å². The molecule has 2 aromatic heterocycles. The number of anilines is 2. The summed E-state index contributed by atoms with van der Waals surface area (Å²) in [6.45, 7) is 1.48. The van der Waals surface area contributed by atoms with E-state index < -0.39 is 0 Å². The van der Waals surface area contributed by atoms with Crippen molar-refractivity contribution < 1.29 is 14.3 Å². The van der Waals surface area contributed by atoms with Gasteiger partial charge in [-0.05, 0) is 50.5 Å². The molecule has 0 aliphatic carbocycles. The standard InChI is InChI=1S/C21H22N6O3/c1-26(2)9-10-30-17-5-3-16(4-6-17)23-18-7-8-27-20(24-18)15(13-22-27)11-14-12-19(28)25-21(14)29/h3-8,11,13H,9-10,12H2,1-2H3,(H,23,24)(H,25,28,29)/b14-11+. The summed E-state index contributed by atoms with van der Waals surface area (Å²) < 4.78 is 7.32. The van der Waals surface area contributed by atoms with Gasteiger partial charge in [0.2, 0.25) is 5.91 Å². The molecule has 0 spiro atoms. The summed E-state index contributed by atoms with van der Waals surface area (Å²) in [7, 11) is 4.01. The summed E-state index contributed by atoms with van der Waals surface area (Å²) in [6, 6.07) is 9.46. The zero-order valence-electron chi connectivity index (χ0n) is 16.8. The van der Waals surface area contributed by atoms with Crippen molar-refractivity contribution in [1.82, 2.24) is 24.8 Å². The second-order valence-corrected chi connectivity index (χ2v) is 7.21. The quantitative estimate of drug-likeness (QED) is 0.456. The largest absolute Gasteiger partial charge is 0.492 e. The van der Waals surface area contributed by atoms with E-state index in [-0.39, 0.29) is 18.2 Å².